The maximum absolute atomic E-state index is 12.2. The van der Waals surface area contributed by atoms with Crippen LogP contribution in [0.1, 0.15) is 25.7 Å². The summed E-state index contributed by atoms with van der Waals surface area (Å²) in [5.41, 5.74) is 0.968. The first-order chi connectivity index (χ1) is 10.3. The van der Waals surface area contributed by atoms with E-state index in [0.29, 0.717) is 0 Å². The lowest BCUT2D eigenvalue weighted by molar-refractivity contribution is -0.123. The molecule has 2 aromatic rings. The van der Waals surface area contributed by atoms with E-state index in [2.05, 4.69) is 10.4 Å². The highest BCUT2D eigenvalue weighted by Gasteiger charge is 2.25. The monoisotopic (exact) mass is 287 g/mol. The quantitative estimate of drug-likeness (QED) is 0.899. The first-order valence-corrected chi connectivity index (χ1v) is 7.58. The smallest absolute Gasteiger partial charge is 0.241 e. The number of aliphatic hydroxyl groups is 1. The Bertz CT molecular complexity index is 623. The Morgan fingerprint density at radius 3 is 3.00 bits per heavy atom. The zero-order valence-electron chi connectivity index (χ0n) is 12.0. The van der Waals surface area contributed by atoms with E-state index in [9.17, 15) is 9.90 Å². The Morgan fingerprint density at radius 2 is 2.14 bits per heavy atom. The van der Waals surface area contributed by atoms with Gasteiger partial charge in [0, 0.05) is 24.0 Å². The molecule has 2 unspecified atom stereocenters. The largest absolute Gasteiger partial charge is 0.396 e. The molecule has 1 aromatic carbocycles. The van der Waals surface area contributed by atoms with Gasteiger partial charge in [-0.25, -0.2) is 0 Å². The molecule has 3 rings (SSSR count). The molecule has 0 radical (unpaired) electrons. The highest BCUT2D eigenvalue weighted by Crippen LogP contribution is 2.24. The Kier molecular flexibility index (Phi) is 4.20. The van der Waals surface area contributed by atoms with Gasteiger partial charge in [0.1, 0.15) is 6.54 Å². The zero-order valence-corrected chi connectivity index (χ0v) is 12.0. The SMILES string of the molecule is O=C(Cn1ncc2ccccc21)NC1CCCCC1CO. The standard InChI is InChI=1S/C16H21N3O2/c20-11-13-6-1-3-7-14(13)18-16(21)10-19-15-8-4-2-5-12(15)9-17-19/h2,4-5,8-9,13-14,20H,1,3,6-7,10-11H2,(H,18,21). The summed E-state index contributed by atoms with van der Waals surface area (Å²) in [7, 11) is 0. The third-order valence-electron chi connectivity index (χ3n) is 4.33. The number of amides is 1. The second-order valence-electron chi connectivity index (χ2n) is 5.76. The van der Waals surface area contributed by atoms with Crippen molar-refractivity contribution < 1.29 is 9.90 Å². The van der Waals surface area contributed by atoms with Gasteiger partial charge >= 0.3 is 0 Å². The number of nitrogens with zero attached hydrogens (tertiary/aromatic N) is 2. The predicted octanol–water partition coefficient (Wildman–Crippen LogP) is 1.70. The minimum absolute atomic E-state index is 0.0331. The molecule has 1 aliphatic carbocycles. The average molecular weight is 287 g/mol. The number of hydrogen-bond donors (Lipinski definition) is 2. The molecule has 1 fully saturated rings. The summed E-state index contributed by atoms with van der Waals surface area (Å²) in [4.78, 5) is 12.2. The summed E-state index contributed by atoms with van der Waals surface area (Å²) in [6, 6.07) is 7.95. The number of hydrogen-bond acceptors (Lipinski definition) is 3. The second kappa shape index (κ2) is 6.26. The highest BCUT2D eigenvalue weighted by atomic mass is 16.3. The van der Waals surface area contributed by atoms with Crippen LogP contribution in [0.4, 0.5) is 0 Å². The van der Waals surface area contributed by atoms with Crippen molar-refractivity contribution in [2.24, 2.45) is 5.92 Å². The van der Waals surface area contributed by atoms with Gasteiger partial charge in [0.2, 0.25) is 5.91 Å². The van der Waals surface area contributed by atoms with Crippen molar-refractivity contribution in [1.29, 1.82) is 0 Å². The number of fused-ring (bicyclic) bond motifs is 1. The molecule has 0 saturated heterocycles. The van der Waals surface area contributed by atoms with E-state index in [0.717, 1.165) is 36.6 Å². The molecular weight excluding hydrogens is 266 g/mol. The van der Waals surface area contributed by atoms with Crippen LogP contribution < -0.4 is 5.32 Å². The minimum atomic E-state index is -0.0331. The first kappa shape index (κ1) is 14.1. The van der Waals surface area contributed by atoms with E-state index in [-0.39, 0.29) is 31.0 Å². The van der Waals surface area contributed by atoms with Crippen LogP contribution in [-0.4, -0.2) is 33.4 Å². The van der Waals surface area contributed by atoms with Crippen LogP contribution in [-0.2, 0) is 11.3 Å². The molecule has 5 nitrogen and oxygen atoms in total. The molecule has 1 amide bonds. The van der Waals surface area contributed by atoms with Crippen LogP contribution in [0.25, 0.3) is 10.9 Å². The maximum atomic E-state index is 12.2. The third-order valence-corrected chi connectivity index (χ3v) is 4.33. The molecule has 1 saturated carbocycles. The van der Waals surface area contributed by atoms with Gasteiger partial charge in [-0.05, 0) is 18.9 Å². The topological polar surface area (TPSA) is 67.2 Å². The highest BCUT2D eigenvalue weighted by molar-refractivity contribution is 5.82. The van der Waals surface area contributed by atoms with Crippen molar-refractivity contribution in [3.63, 3.8) is 0 Å². The number of nitrogens with one attached hydrogen (secondary N) is 1. The van der Waals surface area contributed by atoms with E-state index in [1.165, 1.54) is 0 Å². The Morgan fingerprint density at radius 1 is 1.33 bits per heavy atom. The Hall–Kier alpha value is -1.88. The van der Waals surface area contributed by atoms with E-state index in [1.54, 1.807) is 10.9 Å². The van der Waals surface area contributed by atoms with Gasteiger partial charge in [-0.3, -0.25) is 9.48 Å². The van der Waals surface area contributed by atoms with Gasteiger partial charge < -0.3 is 10.4 Å². The summed E-state index contributed by atoms with van der Waals surface area (Å²) >= 11 is 0. The molecule has 1 aliphatic rings. The summed E-state index contributed by atoms with van der Waals surface area (Å²) in [5, 5.41) is 17.8. The summed E-state index contributed by atoms with van der Waals surface area (Å²) in [6.45, 7) is 0.373. The normalized spacial score (nSPS) is 22.3. The van der Waals surface area contributed by atoms with Gasteiger partial charge in [-0.2, -0.15) is 5.10 Å². The van der Waals surface area contributed by atoms with Crippen molar-refractivity contribution in [2.45, 2.75) is 38.3 Å². The van der Waals surface area contributed by atoms with Crippen molar-refractivity contribution in [2.75, 3.05) is 6.61 Å². The minimum Gasteiger partial charge on any atom is -0.396 e. The average Bonchev–Trinajstić information content (AvgIpc) is 2.91. The molecule has 5 heteroatoms. The number of aromatic nitrogens is 2. The molecule has 1 aromatic heterocycles. The molecule has 1 heterocycles. The van der Waals surface area contributed by atoms with Crippen molar-refractivity contribution in [3.8, 4) is 0 Å². The summed E-state index contributed by atoms with van der Waals surface area (Å²) in [6.07, 6.45) is 5.98. The van der Waals surface area contributed by atoms with Gasteiger partial charge in [0.25, 0.3) is 0 Å². The molecule has 0 spiro atoms. The predicted molar refractivity (Wildman–Crippen MR) is 80.7 cm³/mol. The van der Waals surface area contributed by atoms with Gasteiger partial charge in [-0.15, -0.1) is 0 Å². The number of carbonyl (C=O) groups excluding carboxylic acids is 1. The summed E-state index contributed by atoms with van der Waals surface area (Å²) < 4.78 is 1.72. The van der Waals surface area contributed by atoms with Crippen LogP contribution in [0.2, 0.25) is 0 Å². The molecule has 2 atom stereocenters. The Labute approximate surface area is 124 Å². The van der Waals surface area contributed by atoms with E-state index >= 15 is 0 Å². The maximum Gasteiger partial charge on any atom is 0.241 e. The van der Waals surface area contributed by atoms with Crippen LogP contribution in [0.3, 0.4) is 0 Å². The van der Waals surface area contributed by atoms with E-state index in [4.69, 9.17) is 0 Å². The number of carbonyl (C=O) groups is 1. The third kappa shape index (κ3) is 3.08. The molecule has 21 heavy (non-hydrogen) atoms. The van der Waals surface area contributed by atoms with Crippen LogP contribution >= 0.6 is 0 Å². The number of aliphatic hydroxyl groups excluding tert-OH is 1. The number of benzene rings is 1. The Balaban J connectivity index is 1.66. The van der Waals surface area contributed by atoms with Crippen molar-refractivity contribution in [3.05, 3.63) is 30.5 Å². The zero-order chi connectivity index (χ0) is 14.7. The molecular formula is C16H21N3O2. The molecule has 0 aliphatic heterocycles. The molecule has 0 bridgehead atoms. The number of para-hydroxylation sites is 1. The van der Waals surface area contributed by atoms with Crippen LogP contribution in [0.5, 0.6) is 0 Å². The van der Waals surface area contributed by atoms with Crippen LogP contribution in [0.15, 0.2) is 30.5 Å². The van der Waals surface area contributed by atoms with Crippen molar-refractivity contribution in [1.82, 2.24) is 15.1 Å². The fourth-order valence-electron chi connectivity index (χ4n) is 3.16. The lowest BCUT2D eigenvalue weighted by Crippen LogP contribution is -2.44. The fourth-order valence-corrected chi connectivity index (χ4v) is 3.16. The van der Waals surface area contributed by atoms with Gasteiger partial charge in [0.15, 0.2) is 0 Å². The summed E-state index contributed by atoms with van der Waals surface area (Å²) in [5.74, 6) is 0.159. The molecule has 2 N–H and O–H groups in total. The van der Waals surface area contributed by atoms with E-state index < -0.39 is 0 Å². The first-order valence-electron chi connectivity index (χ1n) is 7.58. The van der Waals surface area contributed by atoms with Crippen molar-refractivity contribution >= 4 is 16.8 Å². The van der Waals surface area contributed by atoms with E-state index in [1.807, 2.05) is 24.3 Å². The van der Waals surface area contributed by atoms with Gasteiger partial charge in [-0.1, -0.05) is 31.0 Å². The van der Waals surface area contributed by atoms with Gasteiger partial charge in [0.05, 0.1) is 11.7 Å². The molecule has 112 valence electrons. The lowest BCUT2D eigenvalue weighted by Gasteiger charge is -2.30. The lowest BCUT2D eigenvalue weighted by atomic mass is 9.85. The fraction of sp³-hybridized carbons (Fsp3) is 0.500. The second-order valence-corrected chi connectivity index (χ2v) is 5.76. The van der Waals surface area contributed by atoms with Crippen LogP contribution in [0, 0.1) is 5.92 Å². The number of rotatable bonds is 4.